The third-order valence-electron chi connectivity index (χ3n) is 11.1. The fourth-order valence-electron chi connectivity index (χ4n) is 7.84. The molecule has 4 unspecified atom stereocenters. The maximum absolute atomic E-state index is 13.3. The summed E-state index contributed by atoms with van der Waals surface area (Å²) in [5.41, 5.74) is -2.12. The zero-order valence-electron chi connectivity index (χ0n) is 36.8. The maximum atomic E-state index is 13.3. The molecule has 2 saturated carbocycles. The maximum Gasteiger partial charge on any atom is 0.408 e. The number of esters is 2. The van der Waals surface area contributed by atoms with Gasteiger partial charge in [-0.2, -0.15) is 0 Å². The first-order valence-corrected chi connectivity index (χ1v) is 19.5. The third-order valence-corrected chi connectivity index (χ3v) is 11.4. The second-order valence-corrected chi connectivity index (χ2v) is 21.1. The Balaban J connectivity index is 0.000000461. The molecule has 15 nitrogen and oxygen atoms in total. The van der Waals surface area contributed by atoms with Gasteiger partial charge in [-0.1, -0.05) is 76.7 Å². The summed E-state index contributed by atoms with van der Waals surface area (Å²) >= 11 is 5.94. The van der Waals surface area contributed by atoms with E-state index in [1.807, 2.05) is 20.8 Å². The molecule has 16 heteroatoms. The molecule has 3 amide bonds. The number of carbonyl (C=O) groups is 6. The van der Waals surface area contributed by atoms with Gasteiger partial charge in [-0.05, 0) is 92.7 Å². The highest BCUT2D eigenvalue weighted by atomic mass is 35.5. The van der Waals surface area contributed by atoms with Crippen molar-refractivity contribution < 1.29 is 52.8 Å². The van der Waals surface area contributed by atoms with Gasteiger partial charge in [0.15, 0.2) is 0 Å². The van der Waals surface area contributed by atoms with Crippen LogP contribution in [0.2, 0.25) is 0 Å². The van der Waals surface area contributed by atoms with Crippen molar-refractivity contribution in [2.24, 2.45) is 45.3 Å². The monoisotopic (exact) mass is 832 g/mol. The quantitative estimate of drug-likeness (QED) is 0.150. The fraction of sp³-hybridized carbons (Fsp3) is 0.854. The van der Waals surface area contributed by atoms with Crippen LogP contribution in [0.5, 0.6) is 0 Å². The van der Waals surface area contributed by atoms with Crippen LogP contribution in [-0.2, 0) is 38.1 Å². The summed E-state index contributed by atoms with van der Waals surface area (Å²) in [5.74, 6) is -0.625. The number of piperidine rings is 2. The topological polar surface area (TPSA) is 190 Å². The molecular formula is C41H73ClN4O11. The predicted octanol–water partition coefficient (Wildman–Crippen LogP) is 6.50. The van der Waals surface area contributed by atoms with Crippen LogP contribution in [0.15, 0.2) is 0 Å². The van der Waals surface area contributed by atoms with E-state index in [1.54, 1.807) is 71.6 Å². The molecule has 0 aromatic carbocycles. The number of hydrogen-bond acceptors (Lipinski definition) is 11. The summed E-state index contributed by atoms with van der Waals surface area (Å²) in [6, 6.07) is -2.61. The Morgan fingerprint density at radius 1 is 0.649 bits per heavy atom. The molecule has 2 saturated heterocycles. The van der Waals surface area contributed by atoms with E-state index in [9.17, 15) is 28.8 Å². The Kier molecular flexibility index (Phi) is 16.2. The molecule has 3 N–H and O–H groups in total. The number of nitrogens with one attached hydrogen (secondary N) is 2. The van der Waals surface area contributed by atoms with E-state index < -0.39 is 64.3 Å². The summed E-state index contributed by atoms with van der Waals surface area (Å²) in [6.45, 7) is 31.2. The SMILES string of the molecule is C.CC(C)(C)OC(=O)N[C@H](C(=O)O)C(C)(C)C.COC(=O)[C@@H]1C2C(CN1C(=O)[C@@H](NC(=O)OC(C)(C)C)C(C)(C)C)C2(C)C.COC(=O)[C@@H]1C2C(CN1Cl)C2(C)C. The minimum absolute atomic E-state index is 0. The molecule has 0 bridgehead atoms. The molecule has 8 atom stereocenters. The van der Waals surface area contributed by atoms with E-state index in [1.165, 1.54) is 14.2 Å². The van der Waals surface area contributed by atoms with Crippen molar-refractivity contribution in [3.05, 3.63) is 0 Å². The molecule has 0 aromatic heterocycles. The van der Waals surface area contributed by atoms with E-state index in [2.05, 4.69) is 38.3 Å². The van der Waals surface area contributed by atoms with Crippen molar-refractivity contribution >= 4 is 47.8 Å². The number of amides is 3. The Bertz CT molecular complexity index is 1490. The average Bonchev–Trinajstić information content (AvgIpc) is 3.49. The van der Waals surface area contributed by atoms with Crippen LogP contribution < -0.4 is 10.6 Å². The number of likely N-dealkylation sites (tertiary alicyclic amines) is 1. The highest BCUT2D eigenvalue weighted by Crippen LogP contribution is 2.66. The van der Waals surface area contributed by atoms with Crippen molar-refractivity contribution in [1.82, 2.24) is 20.0 Å². The normalized spacial score (nSPS) is 26.4. The van der Waals surface area contributed by atoms with Crippen LogP contribution in [0.4, 0.5) is 9.59 Å². The second-order valence-electron chi connectivity index (χ2n) is 20.6. The van der Waals surface area contributed by atoms with Gasteiger partial charge in [0.25, 0.3) is 0 Å². The van der Waals surface area contributed by atoms with Gasteiger partial charge >= 0.3 is 30.1 Å². The Morgan fingerprint density at radius 3 is 1.33 bits per heavy atom. The summed E-state index contributed by atoms with van der Waals surface area (Å²) in [6.07, 6.45) is -1.36. The van der Waals surface area contributed by atoms with Crippen molar-refractivity contribution in [3.8, 4) is 0 Å². The molecule has 330 valence electrons. The number of aliphatic carboxylic acids is 1. The van der Waals surface area contributed by atoms with Crippen LogP contribution in [0, 0.1) is 45.3 Å². The van der Waals surface area contributed by atoms with Gasteiger partial charge in [0.05, 0.1) is 14.2 Å². The number of rotatable bonds is 6. The van der Waals surface area contributed by atoms with E-state index in [4.69, 9.17) is 35.8 Å². The highest BCUT2D eigenvalue weighted by molar-refractivity contribution is 6.15. The number of ether oxygens (including phenoxy) is 4. The van der Waals surface area contributed by atoms with Crippen LogP contribution in [0.3, 0.4) is 0 Å². The summed E-state index contributed by atoms with van der Waals surface area (Å²) in [5, 5.41) is 14.1. The fourth-order valence-corrected chi connectivity index (χ4v) is 8.19. The number of carboxylic acids is 1. The Labute approximate surface area is 346 Å². The second kappa shape index (κ2) is 17.9. The van der Waals surface area contributed by atoms with Crippen LogP contribution >= 0.6 is 11.8 Å². The highest BCUT2D eigenvalue weighted by Gasteiger charge is 2.70. The van der Waals surface area contributed by atoms with Crippen LogP contribution in [0.1, 0.15) is 118 Å². The standard InChI is InChI=1S/C20H34N2O5.C11H21NO4.C9H14ClNO2.CH4/c1-18(2,3)14(21-17(25)27-19(4,5)6)15(23)22-10-11-12(20(11,7)8)13(22)16(24)26-9;1-10(2,3)7(8(13)14)12-9(15)16-11(4,5)6;1-9(2)5-4-11(10)7(6(5)9)8(12)13-3;/h11-14H,10H2,1-9H3,(H,21,25);7H,1-6H3,(H,12,15)(H,13,14);5-7H,4H2,1-3H3;1H4/t11?,12?,13-,14+;7-;5?,6?,7-;/m010./s1. The Hall–Kier alpha value is -3.33. The first-order valence-electron chi connectivity index (χ1n) is 19.1. The third kappa shape index (κ3) is 12.8. The molecule has 0 radical (unpaired) electrons. The van der Waals surface area contributed by atoms with Gasteiger partial charge in [0.1, 0.15) is 35.4 Å². The predicted molar refractivity (Wildman–Crippen MR) is 217 cm³/mol. The summed E-state index contributed by atoms with van der Waals surface area (Å²) < 4.78 is 21.6. The molecule has 4 fully saturated rings. The zero-order chi connectivity index (χ0) is 43.9. The van der Waals surface area contributed by atoms with Crippen molar-refractivity contribution in [2.75, 3.05) is 27.3 Å². The largest absolute Gasteiger partial charge is 0.480 e. The first kappa shape index (κ1) is 51.7. The van der Waals surface area contributed by atoms with Crippen LogP contribution in [0.25, 0.3) is 0 Å². The minimum atomic E-state index is -1.07. The van der Waals surface area contributed by atoms with E-state index in [0.717, 1.165) is 6.54 Å². The Morgan fingerprint density at radius 2 is 1.00 bits per heavy atom. The molecule has 2 aliphatic carbocycles. The number of carbonyl (C=O) groups excluding carboxylic acids is 5. The molecule has 0 spiro atoms. The van der Waals surface area contributed by atoms with Crippen molar-refractivity contribution in [1.29, 1.82) is 0 Å². The van der Waals surface area contributed by atoms with E-state index >= 15 is 0 Å². The van der Waals surface area contributed by atoms with Crippen LogP contribution in [-0.4, -0.2) is 113 Å². The van der Waals surface area contributed by atoms with Gasteiger partial charge in [-0.15, -0.1) is 0 Å². The van der Waals surface area contributed by atoms with Crippen molar-refractivity contribution in [3.63, 3.8) is 0 Å². The lowest BCUT2D eigenvalue weighted by Gasteiger charge is -2.37. The number of methoxy groups -OCH3 is 2. The first-order chi connectivity index (χ1) is 25.0. The minimum Gasteiger partial charge on any atom is -0.480 e. The smallest absolute Gasteiger partial charge is 0.408 e. The molecule has 0 aromatic rings. The number of carboxylic acid groups (broad SMARTS) is 1. The average molecular weight is 834 g/mol. The number of alkyl carbamates (subject to hydrolysis) is 2. The number of fused-ring (bicyclic) bond motifs is 2. The van der Waals surface area contributed by atoms with E-state index in [-0.39, 0.29) is 48.0 Å². The van der Waals surface area contributed by atoms with Gasteiger partial charge in [-0.25, -0.2) is 23.6 Å². The summed E-state index contributed by atoms with van der Waals surface area (Å²) in [7, 11) is 2.75. The summed E-state index contributed by atoms with van der Waals surface area (Å²) in [4.78, 5) is 73.4. The lowest BCUT2D eigenvalue weighted by atomic mass is 9.85. The molecule has 57 heavy (non-hydrogen) atoms. The van der Waals surface area contributed by atoms with Gasteiger partial charge in [0.2, 0.25) is 5.91 Å². The van der Waals surface area contributed by atoms with Crippen molar-refractivity contribution in [2.45, 2.75) is 154 Å². The lowest BCUT2D eigenvalue weighted by Crippen LogP contribution is -2.58. The molecule has 4 aliphatic rings. The molecular weight excluding hydrogens is 760 g/mol. The molecule has 2 aliphatic heterocycles. The molecule has 2 heterocycles. The number of halogens is 1. The zero-order valence-corrected chi connectivity index (χ0v) is 37.6. The molecule has 4 rings (SSSR count). The van der Waals surface area contributed by atoms with Gasteiger partial charge in [0, 0.05) is 19.0 Å². The van der Waals surface area contributed by atoms with E-state index in [0.29, 0.717) is 18.4 Å². The number of hydrogen-bond donors (Lipinski definition) is 3. The lowest BCUT2D eigenvalue weighted by molar-refractivity contribution is -0.154. The number of nitrogens with zero attached hydrogens (tertiary/aromatic N) is 2. The van der Waals surface area contributed by atoms with Gasteiger partial charge in [-0.3, -0.25) is 9.59 Å². The van der Waals surface area contributed by atoms with Gasteiger partial charge < -0.3 is 39.6 Å².